The van der Waals surface area contributed by atoms with Gasteiger partial charge < -0.3 is 4.42 Å². The van der Waals surface area contributed by atoms with Crippen molar-refractivity contribution in [1.82, 2.24) is 9.78 Å². The van der Waals surface area contributed by atoms with Gasteiger partial charge in [-0.1, -0.05) is 31.2 Å². The van der Waals surface area contributed by atoms with Crippen LogP contribution in [0.15, 0.2) is 64.3 Å². The van der Waals surface area contributed by atoms with Gasteiger partial charge in [0.25, 0.3) is 0 Å². The van der Waals surface area contributed by atoms with Gasteiger partial charge in [0.15, 0.2) is 11.5 Å². The summed E-state index contributed by atoms with van der Waals surface area (Å²) >= 11 is 6.28. The molecule has 4 rings (SSSR count). The Balaban J connectivity index is 1.73. The summed E-state index contributed by atoms with van der Waals surface area (Å²) in [6.45, 7) is 2.05. The summed E-state index contributed by atoms with van der Waals surface area (Å²) in [5.41, 5.74) is 1.59. The van der Waals surface area contributed by atoms with Crippen LogP contribution in [0.25, 0.3) is 11.5 Å². The van der Waals surface area contributed by atoms with Crippen LogP contribution in [0.5, 0.6) is 0 Å². The quantitative estimate of drug-likeness (QED) is 0.619. The van der Waals surface area contributed by atoms with Gasteiger partial charge in [-0.15, -0.1) is 11.6 Å². The van der Waals surface area contributed by atoms with Gasteiger partial charge in [0, 0.05) is 5.92 Å². The fourth-order valence-electron chi connectivity index (χ4n) is 3.45. The third-order valence-corrected chi connectivity index (χ3v) is 5.38. The molecule has 2 aromatic heterocycles. The number of aromatic nitrogens is 2. The van der Waals surface area contributed by atoms with Crippen LogP contribution in [0.2, 0.25) is 0 Å². The summed E-state index contributed by atoms with van der Waals surface area (Å²) in [5.74, 6) is 0.524. The van der Waals surface area contributed by atoms with Crippen molar-refractivity contribution in [3.63, 3.8) is 0 Å². The maximum absolute atomic E-state index is 13.2. The van der Waals surface area contributed by atoms with E-state index in [1.807, 2.05) is 31.2 Å². The number of halogens is 4. The molecule has 3 nitrogen and oxygen atoms in total. The lowest BCUT2D eigenvalue weighted by atomic mass is 9.82. The van der Waals surface area contributed by atoms with E-state index < -0.39 is 11.9 Å². The van der Waals surface area contributed by atoms with Crippen LogP contribution in [-0.4, -0.2) is 15.2 Å². The minimum atomic E-state index is -4.51. The predicted molar refractivity (Wildman–Crippen MR) is 92.7 cm³/mol. The Morgan fingerprint density at radius 3 is 2.77 bits per heavy atom. The Bertz CT molecular complexity index is 906. The summed E-state index contributed by atoms with van der Waals surface area (Å²) < 4.78 is 46.3. The summed E-state index contributed by atoms with van der Waals surface area (Å²) in [4.78, 5) is 0. The largest absolute Gasteiger partial charge is 0.463 e. The van der Waals surface area contributed by atoms with Gasteiger partial charge in [-0.25, -0.2) is 0 Å². The van der Waals surface area contributed by atoms with Crippen LogP contribution >= 0.6 is 11.6 Å². The second-order valence-corrected chi connectivity index (χ2v) is 7.04. The Hall–Kier alpha value is -2.21. The molecule has 26 heavy (non-hydrogen) atoms. The molecular formula is C19H16ClF3N2O. The Morgan fingerprint density at radius 2 is 2.08 bits per heavy atom. The molecule has 0 amide bonds. The summed E-state index contributed by atoms with van der Waals surface area (Å²) in [5, 5.41) is 3.77. The molecule has 0 N–H and O–H groups in total. The SMILES string of the molecule is C[C@@H]1C2=C(C=CC1Cl)CC(n1nc(C(F)(F)F)cc1-c1ccco1)C=C2. The molecule has 0 aliphatic heterocycles. The summed E-state index contributed by atoms with van der Waals surface area (Å²) in [6, 6.07) is 3.98. The van der Waals surface area contributed by atoms with E-state index in [-0.39, 0.29) is 17.3 Å². The van der Waals surface area contributed by atoms with Crippen LogP contribution in [0.1, 0.15) is 25.1 Å². The highest BCUT2D eigenvalue weighted by Gasteiger charge is 2.37. The van der Waals surface area contributed by atoms with Crippen molar-refractivity contribution in [3.05, 3.63) is 65.6 Å². The van der Waals surface area contributed by atoms with Crippen LogP contribution in [0, 0.1) is 5.92 Å². The maximum Gasteiger partial charge on any atom is 0.435 e. The highest BCUT2D eigenvalue weighted by Crippen LogP contribution is 2.40. The molecule has 0 radical (unpaired) electrons. The number of alkyl halides is 4. The molecule has 0 bridgehead atoms. The van der Waals surface area contributed by atoms with E-state index in [9.17, 15) is 13.2 Å². The molecule has 3 atom stereocenters. The van der Waals surface area contributed by atoms with Crippen molar-refractivity contribution in [2.24, 2.45) is 5.92 Å². The van der Waals surface area contributed by atoms with Crippen molar-refractivity contribution in [2.45, 2.75) is 30.9 Å². The van der Waals surface area contributed by atoms with E-state index in [0.717, 1.165) is 17.2 Å². The Kier molecular flexibility index (Phi) is 4.10. The molecule has 2 aromatic rings. The van der Waals surface area contributed by atoms with Gasteiger partial charge in [0.2, 0.25) is 0 Å². The average molecular weight is 381 g/mol. The molecule has 0 fully saturated rings. The molecule has 0 saturated carbocycles. The number of allylic oxidation sites excluding steroid dienone is 6. The molecule has 2 heterocycles. The second kappa shape index (κ2) is 6.20. The fraction of sp³-hybridized carbons (Fsp3) is 0.316. The molecule has 2 aliphatic carbocycles. The minimum Gasteiger partial charge on any atom is -0.463 e. The molecule has 0 spiro atoms. The summed E-state index contributed by atoms with van der Waals surface area (Å²) in [6.07, 6.45) is 5.21. The van der Waals surface area contributed by atoms with Gasteiger partial charge in [0.05, 0.1) is 17.7 Å². The Morgan fingerprint density at radius 1 is 1.27 bits per heavy atom. The van der Waals surface area contributed by atoms with Gasteiger partial charge in [-0.3, -0.25) is 4.68 Å². The number of furan rings is 1. The molecule has 0 aromatic carbocycles. The maximum atomic E-state index is 13.2. The van der Waals surface area contributed by atoms with Crippen molar-refractivity contribution >= 4 is 11.6 Å². The highest BCUT2D eigenvalue weighted by molar-refractivity contribution is 6.22. The van der Waals surface area contributed by atoms with Crippen molar-refractivity contribution in [3.8, 4) is 11.5 Å². The smallest absolute Gasteiger partial charge is 0.435 e. The molecular weight excluding hydrogens is 365 g/mol. The lowest BCUT2D eigenvalue weighted by Gasteiger charge is -2.29. The van der Waals surface area contributed by atoms with Gasteiger partial charge >= 0.3 is 6.18 Å². The zero-order valence-corrected chi connectivity index (χ0v) is 14.6. The number of nitrogens with zero attached hydrogens (tertiary/aromatic N) is 2. The van der Waals surface area contributed by atoms with E-state index in [1.165, 1.54) is 10.9 Å². The van der Waals surface area contributed by atoms with Crippen LogP contribution < -0.4 is 0 Å². The van der Waals surface area contributed by atoms with Crippen molar-refractivity contribution in [1.29, 1.82) is 0 Å². The van der Waals surface area contributed by atoms with E-state index in [0.29, 0.717) is 17.9 Å². The van der Waals surface area contributed by atoms with E-state index in [4.69, 9.17) is 16.0 Å². The minimum absolute atomic E-state index is 0.0739. The van der Waals surface area contributed by atoms with E-state index in [1.54, 1.807) is 12.1 Å². The monoisotopic (exact) mass is 380 g/mol. The van der Waals surface area contributed by atoms with Gasteiger partial charge in [0.1, 0.15) is 5.69 Å². The standard InChI is InChI=1S/C19H16ClF3N2O/c1-11-14-6-5-13(9-12(14)4-7-15(11)20)25-16(17-3-2-8-26-17)10-18(24-25)19(21,22)23/h2-8,10-11,13,15H,9H2,1H3/t11-,13?,15?/m1/s1. The first-order valence-electron chi connectivity index (χ1n) is 8.28. The summed E-state index contributed by atoms with van der Waals surface area (Å²) in [7, 11) is 0. The first kappa shape index (κ1) is 17.2. The van der Waals surface area contributed by atoms with Crippen molar-refractivity contribution < 1.29 is 17.6 Å². The zero-order chi connectivity index (χ0) is 18.5. The first-order chi connectivity index (χ1) is 12.3. The highest BCUT2D eigenvalue weighted by atomic mass is 35.5. The van der Waals surface area contributed by atoms with Gasteiger partial charge in [-0.2, -0.15) is 18.3 Å². The second-order valence-electron chi connectivity index (χ2n) is 6.54. The third-order valence-electron chi connectivity index (χ3n) is 4.86. The molecule has 0 saturated heterocycles. The predicted octanol–water partition coefficient (Wildman–Crippen LogP) is 5.77. The lowest BCUT2D eigenvalue weighted by Crippen LogP contribution is -2.21. The molecule has 7 heteroatoms. The normalized spacial score (nSPS) is 25.7. The average Bonchev–Trinajstić information content (AvgIpc) is 3.26. The van der Waals surface area contributed by atoms with Crippen LogP contribution in [0.3, 0.4) is 0 Å². The number of rotatable bonds is 2. The topological polar surface area (TPSA) is 31.0 Å². The van der Waals surface area contributed by atoms with Crippen LogP contribution in [-0.2, 0) is 6.18 Å². The number of hydrogen-bond acceptors (Lipinski definition) is 2. The first-order valence-corrected chi connectivity index (χ1v) is 8.72. The van der Waals surface area contributed by atoms with Crippen LogP contribution in [0.4, 0.5) is 13.2 Å². The molecule has 2 aliphatic rings. The molecule has 136 valence electrons. The zero-order valence-electron chi connectivity index (χ0n) is 13.9. The molecule has 2 unspecified atom stereocenters. The lowest BCUT2D eigenvalue weighted by molar-refractivity contribution is -0.141. The number of hydrogen-bond donors (Lipinski definition) is 0. The van der Waals surface area contributed by atoms with E-state index >= 15 is 0 Å². The Labute approximate surface area is 153 Å². The van der Waals surface area contributed by atoms with E-state index in [2.05, 4.69) is 5.10 Å². The third kappa shape index (κ3) is 2.92. The fourth-order valence-corrected chi connectivity index (χ4v) is 3.66. The van der Waals surface area contributed by atoms with Crippen molar-refractivity contribution in [2.75, 3.05) is 0 Å². The van der Waals surface area contributed by atoms with Gasteiger partial charge in [-0.05, 0) is 35.8 Å².